The third kappa shape index (κ3) is 3.62. The van der Waals surface area contributed by atoms with Gasteiger partial charge in [0.25, 0.3) is 5.91 Å². The van der Waals surface area contributed by atoms with Gasteiger partial charge in [-0.15, -0.1) is 0 Å². The van der Waals surface area contributed by atoms with Gasteiger partial charge in [-0.25, -0.2) is 4.68 Å². The normalized spacial score (nSPS) is 14.0. The molecule has 0 bridgehead atoms. The van der Waals surface area contributed by atoms with Crippen molar-refractivity contribution in [1.82, 2.24) is 14.8 Å². The zero-order valence-electron chi connectivity index (χ0n) is 17.1. The van der Waals surface area contributed by atoms with Gasteiger partial charge in [0, 0.05) is 17.5 Å². The van der Waals surface area contributed by atoms with E-state index in [9.17, 15) is 18.0 Å². The van der Waals surface area contributed by atoms with Crippen LogP contribution < -0.4 is 5.32 Å². The predicted octanol–water partition coefficient (Wildman–Crippen LogP) is 5.88. The van der Waals surface area contributed by atoms with Gasteiger partial charge in [0.1, 0.15) is 0 Å². The molecule has 0 atom stereocenters. The fraction of sp³-hybridized carbons (Fsp3) is 0.208. The number of halogens is 3. The zero-order chi connectivity index (χ0) is 22.5. The number of hydrogen-bond acceptors (Lipinski definition) is 3. The molecule has 2 heterocycles. The molecule has 4 aromatic rings. The maximum Gasteiger partial charge on any atom is 0.416 e. The lowest BCUT2D eigenvalue weighted by molar-refractivity contribution is -0.137. The van der Waals surface area contributed by atoms with Gasteiger partial charge in [0.05, 0.1) is 39.9 Å². The topological polar surface area (TPSA) is 59.8 Å². The maximum atomic E-state index is 13.2. The second-order valence-corrected chi connectivity index (χ2v) is 7.96. The van der Waals surface area contributed by atoms with Gasteiger partial charge in [-0.3, -0.25) is 9.78 Å². The first-order valence-electron chi connectivity index (χ1n) is 10.2. The lowest BCUT2D eigenvalue weighted by atomic mass is 10.1. The van der Waals surface area contributed by atoms with Crippen molar-refractivity contribution in [3.8, 4) is 5.69 Å². The minimum Gasteiger partial charge on any atom is -0.321 e. The maximum absolute atomic E-state index is 13.2. The predicted molar refractivity (Wildman–Crippen MR) is 115 cm³/mol. The van der Waals surface area contributed by atoms with E-state index in [0.29, 0.717) is 16.9 Å². The summed E-state index contributed by atoms with van der Waals surface area (Å²) in [5.41, 5.74) is 2.95. The molecule has 5 rings (SSSR count). The van der Waals surface area contributed by atoms with Gasteiger partial charge in [-0.2, -0.15) is 18.3 Å². The molecule has 2 aromatic carbocycles. The summed E-state index contributed by atoms with van der Waals surface area (Å²) in [5, 5.41) is 8.04. The van der Waals surface area contributed by atoms with E-state index in [1.54, 1.807) is 18.3 Å². The average molecular weight is 436 g/mol. The number of carbonyl (C=O) groups excluding carboxylic acids is 1. The van der Waals surface area contributed by atoms with Crippen LogP contribution in [0.2, 0.25) is 0 Å². The largest absolute Gasteiger partial charge is 0.416 e. The number of nitrogens with one attached hydrogen (secondary N) is 1. The minimum absolute atomic E-state index is 0.0872. The van der Waals surface area contributed by atoms with E-state index in [1.807, 2.05) is 25.1 Å². The highest BCUT2D eigenvalue weighted by Crippen LogP contribution is 2.43. The molecule has 5 nitrogen and oxygen atoms in total. The third-order valence-corrected chi connectivity index (χ3v) is 5.65. The molecule has 1 fully saturated rings. The lowest BCUT2D eigenvalue weighted by Crippen LogP contribution is -2.15. The number of fused-ring (bicyclic) bond motifs is 1. The molecule has 1 aliphatic carbocycles. The number of aryl methyl sites for hydroxylation is 1. The molecule has 1 aliphatic rings. The Hall–Kier alpha value is -3.68. The van der Waals surface area contributed by atoms with Crippen molar-refractivity contribution in [2.45, 2.75) is 31.9 Å². The fourth-order valence-corrected chi connectivity index (χ4v) is 3.91. The van der Waals surface area contributed by atoms with E-state index >= 15 is 0 Å². The lowest BCUT2D eigenvalue weighted by Gasteiger charge is -2.13. The quantitative estimate of drug-likeness (QED) is 0.435. The Kier molecular flexibility index (Phi) is 4.73. The van der Waals surface area contributed by atoms with Crippen LogP contribution in [0.5, 0.6) is 0 Å². The van der Waals surface area contributed by atoms with Gasteiger partial charge < -0.3 is 5.32 Å². The Morgan fingerprint density at radius 1 is 1.12 bits per heavy atom. The first-order valence-corrected chi connectivity index (χ1v) is 10.2. The van der Waals surface area contributed by atoms with E-state index in [-0.39, 0.29) is 17.5 Å². The zero-order valence-corrected chi connectivity index (χ0v) is 17.1. The SMILES string of the molecule is Cc1ccc(NC(=O)c2cnn(-c3cccc(C(F)(F)F)c3)c2C2CC2)c2cccnc12. The summed E-state index contributed by atoms with van der Waals surface area (Å²) in [4.78, 5) is 17.6. The molecule has 0 radical (unpaired) electrons. The fourth-order valence-electron chi connectivity index (χ4n) is 3.91. The molecule has 2 aromatic heterocycles. The molecule has 1 saturated carbocycles. The average Bonchev–Trinajstić information content (AvgIpc) is 3.52. The van der Waals surface area contributed by atoms with Crippen LogP contribution >= 0.6 is 0 Å². The molecule has 0 spiro atoms. The van der Waals surface area contributed by atoms with Crippen molar-refractivity contribution >= 4 is 22.5 Å². The van der Waals surface area contributed by atoms with Crippen LogP contribution in [0.4, 0.5) is 18.9 Å². The number of amides is 1. The number of carbonyl (C=O) groups is 1. The molecular formula is C24H19F3N4O. The van der Waals surface area contributed by atoms with Gasteiger partial charge >= 0.3 is 6.18 Å². The Morgan fingerprint density at radius 2 is 1.94 bits per heavy atom. The van der Waals surface area contributed by atoms with E-state index in [4.69, 9.17) is 0 Å². The number of hydrogen-bond donors (Lipinski definition) is 1. The molecule has 0 unspecified atom stereocenters. The second-order valence-electron chi connectivity index (χ2n) is 7.96. The summed E-state index contributed by atoms with van der Waals surface area (Å²) in [7, 11) is 0. The first-order chi connectivity index (χ1) is 15.3. The third-order valence-electron chi connectivity index (χ3n) is 5.65. The number of rotatable bonds is 4. The van der Waals surface area contributed by atoms with Crippen LogP contribution in [-0.4, -0.2) is 20.7 Å². The van der Waals surface area contributed by atoms with Crippen molar-refractivity contribution < 1.29 is 18.0 Å². The first kappa shape index (κ1) is 20.2. The Bertz CT molecular complexity index is 1340. The number of nitrogens with zero attached hydrogens (tertiary/aromatic N) is 3. The smallest absolute Gasteiger partial charge is 0.321 e. The highest BCUT2D eigenvalue weighted by atomic mass is 19.4. The highest BCUT2D eigenvalue weighted by molar-refractivity contribution is 6.09. The number of pyridine rings is 1. The van der Waals surface area contributed by atoms with Crippen molar-refractivity contribution in [3.63, 3.8) is 0 Å². The molecule has 1 N–H and O–H groups in total. The van der Waals surface area contributed by atoms with Gasteiger partial charge in [-0.1, -0.05) is 12.1 Å². The summed E-state index contributed by atoms with van der Waals surface area (Å²) in [6, 6.07) is 12.4. The van der Waals surface area contributed by atoms with Crippen LogP contribution in [0.15, 0.2) is 60.9 Å². The monoisotopic (exact) mass is 436 g/mol. The molecule has 1 amide bonds. The van der Waals surface area contributed by atoms with E-state index in [0.717, 1.165) is 41.4 Å². The number of alkyl halides is 3. The molecule has 162 valence electrons. The van der Waals surface area contributed by atoms with Crippen LogP contribution in [0.25, 0.3) is 16.6 Å². The summed E-state index contributed by atoms with van der Waals surface area (Å²) >= 11 is 0. The van der Waals surface area contributed by atoms with Gasteiger partial charge in [-0.05, 0) is 61.7 Å². The Morgan fingerprint density at radius 3 is 2.69 bits per heavy atom. The summed E-state index contributed by atoms with van der Waals surface area (Å²) in [5.74, 6) is -0.261. The van der Waals surface area contributed by atoms with Crippen LogP contribution in [0.1, 0.15) is 45.9 Å². The van der Waals surface area contributed by atoms with Crippen molar-refractivity contribution in [1.29, 1.82) is 0 Å². The van der Waals surface area contributed by atoms with E-state index in [2.05, 4.69) is 15.4 Å². The highest BCUT2D eigenvalue weighted by Gasteiger charge is 2.34. The minimum atomic E-state index is -4.45. The number of benzene rings is 2. The van der Waals surface area contributed by atoms with Crippen LogP contribution in [0, 0.1) is 6.92 Å². The van der Waals surface area contributed by atoms with Crippen molar-refractivity contribution in [2.24, 2.45) is 0 Å². The van der Waals surface area contributed by atoms with Crippen LogP contribution in [-0.2, 0) is 6.18 Å². The van der Waals surface area contributed by atoms with Crippen molar-refractivity contribution in [3.05, 3.63) is 83.3 Å². The van der Waals surface area contributed by atoms with Gasteiger partial charge in [0.2, 0.25) is 0 Å². The molecule has 0 saturated heterocycles. The van der Waals surface area contributed by atoms with Crippen molar-refractivity contribution in [2.75, 3.05) is 5.32 Å². The molecule has 32 heavy (non-hydrogen) atoms. The van der Waals surface area contributed by atoms with Crippen LogP contribution in [0.3, 0.4) is 0 Å². The standard InChI is InChI=1S/C24H19F3N4O/c1-14-7-10-20(18-6-3-11-28-21(14)18)30-23(32)19-13-29-31(22(19)15-8-9-15)17-5-2-4-16(12-17)24(25,26)27/h2-7,10-13,15H,8-9H2,1H3,(H,30,32). The molecule has 8 heteroatoms. The number of aromatic nitrogens is 3. The Balaban J connectivity index is 1.53. The summed E-state index contributed by atoms with van der Waals surface area (Å²) < 4.78 is 41.0. The van der Waals surface area contributed by atoms with E-state index in [1.165, 1.54) is 16.9 Å². The molecular weight excluding hydrogens is 417 g/mol. The van der Waals surface area contributed by atoms with E-state index < -0.39 is 11.7 Å². The summed E-state index contributed by atoms with van der Waals surface area (Å²) in [6.45, 7) is 1.95. The summed E-state index contributed by atoms with van der Waals surface area (Å²) in [6.07, 6.45) is 0.400. The molecule has 0 aliphatic heterocycles. The second kappa shape index (κ2) is 7.47. The number of anilines is 1. The van der Waals surface area contributed by atoms with Gasteiger partial charge in [0.15, 0.2) is 0 Å². The Labute approximate surface area is 181 Å².